The second-order valence-corrected chi connectivity index (χ2v) is 17.5. The molecule has 5 heterocycles. The molecule has 0 saturated carbocycles. The predicted octanol–water partition coefficient (Wildman–Crippen LogP) is 15.2. The van der Waals surface area contributed by atoms with Crippen LogP contribution in [0.1, 0.15) is 0 Å². The molecule has 7 heteroatoms. The molecule has 322 valence electrons. The number of aromatic nitrogens is 7. The zero-order valence-corrected chi connectivity index (χ0v) is 37.1. The van der Waals surface area contributed by atoms with Gasteiger partial charge in [-0.1, -0.05) is 158 Å². The lowest BCUT2D eigenvalue weighted by atomic mass is 10.0. The van der Waals surface area contributed by atoms with Crippen molar-refractivity contribution in [1.29, 1.82) is 0 Å². The molecule has 9 aromatic carbocycles. The standard InChI is InChI=1S/C62H39N7/c1-3-16-40(17-4-1)60-64-61(41-18-5-2-6-19-41)66-62(65-60)52-36-42(43-20-15-35-63-39-43)29-34-57(52)69-58-37-44(67-53-25-11-7-21-46(53)47-22-8-12-26-54(47)67)30-32-50(58)51-33-31-45(38-59(51)69)68-55-27-13-9-23-48(55)49-24-10-14-28-56(49)68/h1-39H. The molecule has 0 fully saturated rings. The Labute approximate surface area is 396 Å². The summed E-state index contributed by atoms with van der Waals surface area (Å²) in [5.74, 6) is 1.76. The second kappa shape index (κ2) is 15.6. The Bertz CT molecular complexity index is 3970. The quantitative estimate of drug-likeness (QED) is 0.160. The number of pyridine rings is 1. The fourth-order valence-electron chi connectivity index (χ4n) is 10.5. The number of fused-ring (bicyclic) bond motifs is 9. The van der Waals surface area contributed by atoms with Crippen molar-refractivity contribution in [3.05, 3.63) is 237 Å². The van der Waals surface area contributed by atoms with E-state index in [4.69, 9.17) is 15.0 Å². The first kappa shape index (κ1) is 38.8. The minimum Gasteiger partial charge on any atom is -0.309 e. The first-order valence-corrected chi connectivity index (χ1v) is 23.2. The average Bonchev–Trinajstić information content (AvgIpc) is 4.06. The van der Waals surface area contributed by atoms with Crippen molar-refractivity contribution in [2.45, 2.75) is 0 Å². The monoisotopic (exact) mass is 881 g/mol. The Morgan fingerprint density at radius 2 is 0.696 bits per heavy atom. The van der Waals surface area contributed by atoms with E-state index >= 15 is 0 Å². The van der Waals surface area contributed by atoms with Crippen LogP contribution >= 0.6 is 0 Å². The Hall–Kier alpha value is -9.46. The summed E-state index contributed by atoms with van der Waals surface area (Å²) in [6, 6.07) is 79.7. The fourth-order valence-corrected chi connectivity index (χ4v) is 10.5. The molecule has 0 spiro atoms. The van der Waals surface area contributed by atoms with Crippen LogP contribution in [0, 0.1) is 0 Å². The average molecular weight is 882 g/mol. The van der Waals surface area contributed by atoms with Crippen LogP contribution in [-0.4, -0.2) is 33.6 Å². The van der Waals surface area contributed by atoms with Crippen LogP contribution < -0.4 is 0 Å². The van der Waals surface area contributed by atoms with Gasteiger partial charge in [0, 0.05) is 78.3 Å². The van der Waals surface area contributed by atoms with Crippen LogP contribution in [0.15, 0.2) is 237 Å². The molecule has 0 amide bonds. The Morgan fingerprint density at radius 3 is 1.16 bits per heavy atom. The summed E-state index contributed by atoms with van der Waals surface area (Å²) in [7, 11) is 0. The van der Waals surface area contributed by atoms with E-state index < -0.39 is 0 Å². The van der Waals surface area contributed by atoms with E-state index in [1.807, 2.05) is 54.9 Å². The molecule has 0 aliphatic heterocycles. The molecule has 69 heavy (non-hydrogen) atoms. The molecule has 14 aromatic rings. The lowest BCUT2D eigenvalue weighted by Gasteiger charge is -2.17. The SMILES string of the molecule is c1ccc(-c2nc(-c3ccccc3)nc(-c3cc(-c4cccnc4)ccc3-n3c4cc(-n5c6ccccc6c6ccccc65)ccc4c4ccc(-n5c6ccccc6c6ccccc65)cc43)n2)cc1. The Balaban J connectivity index is 1.11. The van der Waals surface area contributed by atoms with Gasteiger partial charge in [0.25, 0.3) is 0 Å². The van der Waals surface area contributed by atoms with Crippen molar-refractivity contribution in [2.75, 3.05) is 0 Å². The molecule has 0 unspecified atom stereocenters. The van der Waals surface area contributed by atoms with Crippen molar-refractivity contribution >= 4 is 65.4 Å². The van der Waals surface area contributed by atoms with Gasteiger partial charge in [-0.2, -0.15) is 0 Å². The summed E-state index contributed by atoms with van der Waals surface area (Å²) < 4.78 is 7.22. The summed E-state index contributed by atoms with van der Waals surface area (Å²) in [6.45, 7) is 0. The number of nitrogens with zero attached hydrogens (tertiary/aromatic N) is 7. The van der Waals surface area contributed by atoms with Gasteiger partial charge in [-0.25, -0.2) is 15.0 Å². The third-order valence-corrected chi connectivity index (χ3v) is 13.6. The normalized spacial score (nSPS) is 11.8. The summed E-state index contributed by atoms with van der Waals surface area (Å²) in [5, 5.41) is 7.15. The number of hydrogen-bond acceptors (Lipinski definition) is 4. The van der Waals surface area contributed by atoms with Crippen molar-refractivity contribution < 1.29 is 0 Å². The van der Waals surface area contributed by atoms with Gasteiger partial charge in [-0.05, 0) is 72.3 Å². The molecule has 0 atom stereocenters. The van der Waals surface area contributed by atoms with Gasteiger partial charge in [0.15, 0.2) is 17.5 Å². The maximum absolute atomic E-state index is 5.36. The Morgan fingerprint density at radius 1 is 0.275 bits per heavy atom. The van der Waals surface area contributed by atoms with E-state index in [2.05, 4.69) is 201 Å². The maximum atomic E-state index is 5.36. The minimum atomic E-state index is 0.565. The van der Waals surface area contributed by atoms with Gasteiger partial charge in [0.1, 0.15) is 0 Å². The highest BCUT2D eigenvalue weighted by Crippen LogP contribution is 2.42. The smallest absolute Gasteiger partial charge is 0.166 e. The number of para-hydroxylation sites is 4. The summed E-state index contributed by atoms with van der Waals surface area (Å²) in [4.78, 5) is 20.4. The van der Waals surface area contributed by atoms with Gasteiger partial charge in [-0.15, -0.1) is 0 Å². The van der Waals surface area contributed by atoms with E-state index in [0.29, 0.717) is 17.5 Å². The largest absolute Gasteiger partial charge is 0.309 e. The first-order chi connectivity index (χ1) is 34.2. The molecular formula is C62H39N7. The van der Waals surface area contributed by atoms with Crippen molar-refractivity contribution in [3.8, 4) is 62.4 Å². The van der Waals surface area contributed by atoms with Gasteiger partial charge in [0.05, 0.1) is 38.8 Å². The first-order valence-electron chi connectivity index (χ1n) is 23.2. The number of benzene rings is 9. The zero-order chi connectivity index (χ0) is 45.4. The molecule has 0 saturated heterocycles. The zero-order valence-electron chi connectivity index (χ0n) is 37.1. The molecule has 7 nitrogen and oxygen atoms in total. The van der Waals surface area contributed by atoms with Crippen LogP contribution in [0.3, 0.4) is 0 Å². The van der Waals surface area contributed by atoms with Gasteiger partial charge >= 0.3 is 0 Å². The highest BCUT2D eigenvalue weighted by molar-refractivity contribution is 6.14. The van der Waals surface area contributed by atoms with Crippen LogP contribution in [0.25, 0.3) is 128 Å². The fraction of sp³-hybridized carbons (Fsp3) is 0. The minimum absolute atomic E-state index is 0.565. The maximum Gasteiger partial charge on any atom is 0.166 e. The van der Waals surface area contributed by atoms with Crippen molar-refractivity contribution in [3.63, 3.8) is 0 Å². The van der Waals surface area contributed by atoms with E-state index in [-0.39, 0.29) is 0 Å². The van der Waals surface area contributed by atoms with Crippen LogP contribution in [0.4, 0.5) is 0 Å². The number of rotatable bonds is 7. The third-order valence-electron chi connectivity index (χ3n) is 13.6. The predicted molar refractivity (Wildman–Crippen MR) is 282 cm³/mol. The molecular weight excluding hydrogens is 843 g/mol. The van der Waals surface area contributed by atoms with E-state index in [1.54, 1.807) is 0 Å². The molecule has 14 rings (SSSR count). The molecule has 5 aromatic heterocycles. The molecule has 0 aliphatic carbocycles. The van der Waals surface area contributed by atoms with Gasteiger partial charge in [0.2, 0.25) is 0 Å². The molecule has 0 radical (unpaired) electrons. The Kier molecular flexibility index (Phi) is 8.75. The highest BCUT2D eigenvalue weighted by Gasteiger charge is 2.23. The van der Waals surface area contributed by atoms with Gasteiger partial charge in [-0.3, -0.25) is 4.98 Å². The van der Waals surface area contributed by atoms with Crippen LogP contribution in [0.5, 0.6) is 0 Å². The lowest BCUT2D eigenvalue weighted by Crippen LogP contribution is -2.04. The summed E-state index contributed by atoms with van der Waals surface area (Å²) in [6.07, 6.45) is 3.72. The molecule has 0 bridgehead atoms. The van der Waals surface area contributed by atoms with Crippen LogP contribution in [0.2, 0.25) is 0 Å². The topological polar surface area (TPSA) is 66.3 Å². The van der Waals surface area contributed by atoms with E-state index in [1.165, 1.54) is 21.5 Å². The summed E-state index contributed by atoms with van der Waals surface area (Å²) in [5.41, 5.74) is 14.5. The highest BCUT2D eigenvalue weighted by atomic mass is 15.1. The van der Waals surface area contributed by atoms with E-state index in [9.17, 15) is 0 Å². The second-order valence-electron chi connectivity index (χ2n) is 17.5. The van der Waals surface area contributed by atoms with Crippen molar-refractivity contribution in [1.82, 2.24) is 33.6 Å². The van der Waals surface area contributed by atoms with Gasteiger partial charge < -0.3 is 13.7 Å². The summed E-state index contributed by atoms with van der Waals surface area (Å²) >= 11 is 0. The molecule has 0 N–H and O–H groups in total. The van der Waals surface area contributed by atoms with Crippen LogP contribution in [-0.2, 0) is 0 Å². The third kappa shape index (κ3) is 6.21. The number of hydrogen-bond donors (Lipinski definition) is 0. The van der Waals surface area contributed by atoms with Crippen molar-refractivity contribution in [2.24, 2.45) is 0 Å². The van der Waals surface area contributed by atoms with E-state index in [0.717, 1.165) is 88.8 Å². The molecule has 0 aliphatic rings. The lowest BCUT2D eigenvalue weighted by molar-refractivity contribution is 1.06.